The fourth-order valence-corrected chi connectivity index (χ4v) is 5.21. The second-order valence-corrected chi connectivity index (χ2v) is 11.0. The number of carbonyl (C=O) groups is 4. The molecule has 0 spiro atoms. The number of benzene rings is 2. The van der Waals surface area contributed by atoms with Crippen molar-refractivity contribution in [3.63, 3.8) is 0 Å². The van der Waals surface area contributed by atoms with Crippen LogP contribution < -0.4 is 16.0 Å². The summed E-state index contributed by atoms with van der Waals surface area (Å²) < 4.78 is 10.3. The summed E-state index contributed by atoms with van der Waals surface area (Å²) in [5, 5.41) is 9.82. The minimum absolute atomic E-state index is 0.00428. The fraction of sp³-hybridized carbons (Fsp3) is 0.167. The number of rotatable bonds is 12. The number of anilines is 2. The first-order chi connectivity index (χ1) is 20.3. The van der Waals surface area contributed by atoms with E-state index in [4.69, 9.17) is 9.15 Å². The van der Waals surface area contributed by atoms with Crippen LogP contribution in [0.25, 0.3) is 6.08 Å². The number of nitrogens with one attached hydrogen (secondary N) is 3. The molecule has 12 heteroatoms. The van der Waals surface area contributed by atoms with Gasteiger partial charge in [0.25, 0.3) is 11.8 Å². The lowest BCUT2D eigenvalue weighted by Gasteiger charge is -2.13. The summed E-state index contributed by atoms with van der Waals surface area (Å²) in [6.07, 6.45) is 2.95. The molecule has 0 aliphatic carbocycles. The maximum atomic E-state index is 13.2. The van der Waals surface area contributed by atoms with Gasteiger partial charge in [0.15, 0.2) is 5.13 Å². The molecule has 0 saturated heterocycles. The number of ether oxygens (including phenoxy) is 1. The lowest BCUT2D eigenvalue weighted by atomic mass is 10.2. The van der Waals surface area contributed by atoms with Gasteiger partial charge in [-0.15, -0.1) is 23.1 Å². The molecule has 2 aromatic carbocycles. The van der Waals surface area contributed by atoms with Gasteiger partial charge in [0, 0.05) is 27.6 Å². The number of nitrogens with zero attached hydrogens (tertiary/aromatic N) is 1. The molecule has 0 saturated carbocycles. The first-order valence-electron chi connectivity index (χ1n) is 12.9. The van der Waals surface area contributed by atoms with E-state index in [2.05, 4.69) is 20.9 Å². The van der Waals surface area contributed by atoms with Gasteiger partial charge in [0.2, 0.25) is 5.91 Å². The summed E-state index contributed by atoms with van der Waals surface area (Å²) in [7, 11) is 0. The monoisotopic (exact) mass is 604 g/mol. The van der Waals surface area contributed by atoms with E-state index in [0.29, 0.717) is 34.4 Å². The zero-order valence-corrected chi connectivity index (χ0v) is 24.4. The third-order valence-corrected chi connectivity index (χ3v) is 7.45. The summed E-state index contributed by atoms with van der Waals surface area (Å²) in [4.78, 5) is 55.4. The van der Waals surface area contributed by atoms with Gasteiger partial charge in [-0.3, -0.25) is 19.2 Å². The van der Waals surface area contributed by atoms with Crippen molar-refractivity contribution in [3.8, 4) is 0 Å². The summed E-state index contributed by atoms with van der Waals surface area (Å²) in [6.45, 7) is 3.78. The van der Waals surface area contributed by atoms with E-state index in [-0.39, 0.29) is 24.0 Å². The third kappa shape index (κ3) is 8.91. The highest BCUT2D eigenvalue weighted by atomic mass is 32.2. The minimum atomic E-state index is -0.550. The molecule has 2 heterocycles. The number of hydrogen-bond acceptors (Lipinski definition) is 9. The summed E-state index contributed by atoms with van der Waals surface area (Å²) in [5.41, 5.74) is 1.39. The molecule has 216 valence electrons. The third-order valence-electron chi connectivity index (χ3n) is 5.55. The van der Waals surface area contributed by atoms with E-state index in [9.17, 15) is 19.2 Å². The normalized spacial score (nSPS) is 11.8. The van der Waals surface area contributed by atoms with E-state index in [1.54, 1.807) is 79.9 Å². The standard InChI is InChI=1S/C30H28N4O6S2/c1-3-39-26(35)16-22-18-41-30(32-22)34-27(36)19(2)42-24-13-7-11-21(15-24)31-29(38)25(17-23-12-8-14-40-23)33-28(37)20-9-5-4-6-10-20/h4-15,17-19H,3,16H2,1-2H3,(H,31,38)(H,33,37)(H,32,34,36)/b25-17-. The SMILES string of the molecule is CCOC(=O)Cc1csc(NC(=O)C(C)Sc2cccc(NC(=O)/C(=C/c3ccco3)NC(=O)c3ccccc3)c2)n1. The maximum Gasteiger partial charge on any atom is 0.311 e. The van der Waals surface area contributed by atoms with Gasteiger partial charge in [-0.1, -0.05) is 24.3 Å². The molecular weight excluding hydrogens is 576 g/mol. The van der Waals surface area contributed by atoms with Crippen LogP contribution in [0.3, 0.4) is 0 Å². The molecule has 0 fully saturated rings. The van der Waals surface area contributed by atoms with E-state index >= 15 is 0 Å². The van der Waals surface area contributed by atoms with Crippen molar-refractivity contribution < 1.29 is 28.3 Å². The van der Waals surface area contributed by atoms with Crippen LogP contribution in [0.15, 0.2) is 93.4 Å². The number of aromatic nitrogens is 1. The first kappa shape index (κ1) is 30.3. The van der Waals surface area contributed by atoms with Crippen LogP contribution in [0.2, 0.25) is 0 Å². The molecule has 0 radical (unpaired) electrons. The Morgan fingerprint density at radius 1 is 1.05 bits per heavy atom. The average molecular weight is 605 g/mol. The minimum Gasteiger partial charge on any atom is -0.466 e. The molecule has 10 nitrogen and oxygen atoms in total. The predicted molar refractivity (Wildman–Crippen MR) is 162 cm³/mol. The average Bonchev–Trinajstić information content (AvgIpc) is 3.65. The highest BCUT2D eigenvalue weighted by Crippen LogP contribution is 2.27. The number of carbonyl (C=O) groups excluding carboxylic acids is 4. The van der Waals surface area contributed by atoms with Gasteiger partial charge in [-0.25, -0.2) is 4.98 Å². The van der Waals surface area contributed by atoms with Crippen molar-refractivity contribution in [2.45, 2.75) is 30.4 Å². The molecule has 0 bridgehead atoms. The quantitative estimate of drug-likeness (QED) is 0.111. The Morgan fingerprint density at radius 2 is 1.86 bits per heavy atom. The highest BCUT2D eigenvalue weighted by Gasteiger charge is 2.19. The van der Waals surface area contributed by atoms with Crippen LogP contribution >= 0.6 is 23.1 Å². The molecule has 4 rings (SSSR count). The Bertz CT molecular complexity index is 1570. The van der Waals surface area contributed by atoms with Gasteiger partial charge in [0.1, 0.15) is 11.5 Å². The summed E-state index contributed by atoms with van der Waals surface area (Å²) in [5.74, 6) is -1.24. The van der Waals surface area contributed by atoms with Crippen LogP contribution in [0, 0.1) is 0 Å². The Labute approximate surface area is 250 Å². The number of esters is 1. The van der Waals surface area contributed by atoms with Gasteiger partial charge in [-0.2, -0.15) is 0 Å². The van der Waals surface area contributed by atoms with Crippen molar-refractivity contribution in [1.82, 2.24) is 10.3 Å². The largest absolute Gasteiger partial charge is 0.466 e. The van der Waals surface area contributed by atoms with E-state index < -0.39 is 17.1 Å². The topological polar surface area (TPSA) is 140 Å². The molecule has 1 atom stereocenters. The van der Waals surface area contributed by atoms with Crippen LogP contribution in [-0.2, 0) is 25.5 Å². The molecule has 3 amide bonds. The second-order valence-electron chi connectivity index (χ2n) is 8.75. The van der Waals surface area contributed by atoms with Gasteiger partial charge >= 0.3 is 5.97 Å². The highest BCUT2D eigenvalue weighted by molar-refractivity contribution is 8.00. The lowest BCUT2D eigenvalue weighted by molar-refractivity contribution is -0.142. The van der Waals surface area contributed by atoms with Crippen molar-refractivity contribution in [1.29, 1.82) is 0 Å². The number of thiazole rings is 1. The van der Waals surface area contributed by atoms with Crippen LogP contribution in [0.5, 0.6) is 0 Å². The fourth-order valence-electron chi connectivity index (χ4n) is 3.57. The number of hydrogen-bond donors (Lipinski definition) is 3. The summed E-state index contributed by atoms with van der Waals surface area (Å²) >= 11 is 2.52. The van der Waals surface area contributed by atoms with Crippen molar-refractivity contribution in [3.05, 3.63) is 101 Å². The molecule has 4 aromatic rings. The number of amides is 3. The smallest absolute Gasteiger partial charge is 0.311 e. The molecule has 0 aliphatic rings. The number of thioether (sulfide) groups is 1. The Hall–Kier alpha value is -4.68. The zero-order valence-electron chi connectivity index (χ0n) is 22.8. The summed E-state index contributed by atoms with van der Waals surface area (Å²) in [6, 6.07) is 18.9. The predicted octanol–water partition coefficient (Wildman–Crippen LogP) is 5.37. The number of furan rings is 1. The lowest BCUT2D eigenvalue weighted by Crippen LogP contribution is -2.30. The molecule has 0 aliphatic heterocycles. The van der Waals surface area contributed by atoms with Gasteiger partial charge < -0.3 is 25.1 Å². The van der Waals surface area contributed by atoms with Crippen molar-refractivity contribution >= 4 is 63.7 Å². The van der Waals surface area contributed by atoms with Crippen molar-refractivity contribution in [2.75, 3.05) is 17.2 Å². The second kappa shape index (κ2) is 14.8. The van der Waals surface area contributed by atoms with Gasteiger partial charge in [-0.05, 0) is 56.3 Å². The van der Waals surface area contributed by atoms with Crippen molar-refractivity contribution in [2.24, 2.45) is 0 Å². The maximum absolute atomic E-state index is 13.2. The molecule has 2 aromatic heterocycles. The van der Waals surface area contributed by atoms with E-state index in [1.165, 1.54) is 35.4 Å². The molecule has 1 unspecified atom stereocenters. The Morgan fingerprint density at radius 3 is 2.60 bits per heavy atom. The van der Waals surface area contributed by atoms with E-state index in [0.717, 1.165) is 4.90 Å². The van der Waals surface area contributed by atoms with Crippen LogP contribution in [0.1, 0.15) is 35.7 Å². The van der Waals surface area contributed by atoms with Crippen LogP contribution in [0.4, 0.5) is 10.8 Å². The molecular formula is C30H28N4O6S2. The molecule has 3 N–H and O–H groups in total. The Balaban J connectivity index is 1.38. The van der Waals surface area contributed by atoms with E-state index in [1.807, 2.05) is 6.07 Å². The first-order valence-corrected chi connectivity index (χ1v) is 14.7. The molecule has 42 heavy (non-hydrogen) atoms. The zero-order chi connectivity index (χ0) is 29.9. The van der Waals surface area contributed by atoms with Crippen LogP contribution in [-0.4, -0.2) is 40.5 Å². The van der Waals surface area contributed by atoms with Gasteiger partial charge in [0.05, 0.1) is 30.2 Å². The Kier molecular flexibility index (Phi) is 10.7.